The monoisotopic (exact) mass is 421 g/mol. The van der Waals surface area contributed by atoms with Gasteiger partial charge in [-0.1, -0.05) is 0 Å². The van der Waals surface area contributed by atoms with Gasteiger partial charge in [-0.15, -0.1) is 0 Å². The summed E-state index contributed by atoms with van der Waals surface area (Å²) in [5.74, 6) is 0.0708. The Hall–Kier alpha value is -3.42. The van der Waals surface area contributed by atoms with Crippen LogP contribution in [0.1, 0.15) is 36.1 Å². The molecule has 0 bridgehead atoms. The van der Waals surface area contributed by atoms with Crippen LogP contribution in [0.3, 0.4) is 0 Å². The summed E-state index contributed by atoms with van der Waals surface area (Å²) in [6, 6.07) is 5.03. The molecule has 0 fully saturated rings. The number of Topliss-reactive ketones (excluding diaryl/α,β-unsaturated/α-hetero) is 1. The molecule has 0 radical (unpaired) electrons. The van der Waals surface area contributed by atoms with Crippen LogP contribution in [-0.4, -0.2) is 38.0 Å². The first kappa shape index (κ1) is 20.8. The van der Waals surface area contributed by atoms with Gasteiger partial charge in [-0.3, -0.25) is 24.5 Å². The summed E-state index contributed by atoms with van der Waals surface area (Å²) < 4.78 is 16.4. The molecule has 1 aliphatic rings. The first-order valence-corrected chi connectivity index (χ1v) is 10.3. The summed E-state index contributed by atoms with van der Waals surface area (Å²) in [5.41, 5.74) is 3.07. The van der Waals surface area contributed by atoms with E-state index in [-0.39, 0.29) is 36.6 Å². The highest BCUT2D eigenvalue weighted by Crippen LogP contribution is 2.23. The highest BCUT2D eigenvalue weighted by molar-refractivity contribution is 5.95. The van der Waals surface area contributed by atoms with Crippen LogP contribution in [0.25, 0.3) is 11.3 Å². The molecule has 0 unspecified atom stereocenters. The number of amides is 1. The Bertz CT molecular complexity index is 1140. The van der Waals surface area contributed by atoms with E-state index < -0.39 is 5.82 Å². The number of anilines is 1. The zero-order chi connectivity index (χ0) is 22.0. The number of nitrogens with zero attached hydrogens (tertiary/aromatic N) is 5. The Kier molecular flexibility index (Phi) is 5.88. The van der Waals surface area contributed by atoms with Crippen molar-refractivity contribution in [2.75, 3.05) is 11.4 Å². The van der Waals surface area contributed by atoms with E-state index in [0.29, 0.717) is 17.7 Å². The van der Waals surface area contributed by atoms with Crippen LogP contribution in [0, 0.1) is 19.7 Å². The number of hydrogen-bond acceptors (Lipinski definition) is 5. The molecule has 7 nitrogen and oxygen atoms in total. The maximum atomic E-state index is 14.5. The molecule has 160 valence electrons. The number of pyridine rings is 2. The number of aromatic nitrogens is 4. The van der Waals surface area contributed by atoms with Crippen LogP contribution in [0.2, 0.25) is 0 Å². The quantitative estimate of drug-likeness (QED) is 0.609. The molecule has 0 atom stereocenters. The third kappa shape index (κ3) is 4.68. The highest BCUT2D eigenvalue weighted by atomic mass is 19.1. The van der Waals surface area contributed by atoms with E-state index >= 15 is 0 Å². The summed E-state index contributed by atoms with van der Waals surface area (Å²) in [7, 11) is 0. The van der Waals surface area contributed by atoms with E-state index in [9.17, 15) is 14.0 Å². The van der Waals surface area contributed by atoms with Crippen LogP contribution >= 0.6 is 0 Å². The van der Waals surface area contributed by atoms with E-state index in [4.69, 9.17) is 0 Å². The van der Waals surface area contributed by atoms with Gasteiger partial charge in [0.2, 0.25) is 5.91 Å². The average Bonchev–Trinajstić information content (AvgIpc) is 3.12. The summed E-state index contributed by atoms with van der Waals surface area (Å²) >= 11 is 0. The molecule has 0 aromatic carbocycles. The van der Waals surface area contributed by atoms with Crippen LogP contribution in [0.15, 0.2) is 36.8 Å². The van der Waals surface area contributed by atoms with Crippen molar-refractivity contribution in [1.82, 2.24) is 19.7 Å². The van der Waals surface area contributed by atoms with E-state index in [1.54, 1.807) is 17.3 Å². The molecule has 1 amide bonds. The fourth-order valence-corrected chi connectivity index (χ4v) is 3.83. The molecule has 0 N–H and O–H groups in total. The molecule has 31 heavy (non-hydrogen) atoms. The van der Waals surface area contributed by atoms with Gasteiger partial charge in [-0.25, -0.2) is 9.07 Å². The second-order valence-corrected chi connectivity index (χ2v) is 7.91. The largest absolute Gasteiger partial charge is 0.299 e. The summed E-state index contributed by atoms with van der Waals surface area (Å²) in [4.78, 5) is 35.0. The lowest BCUT2D eigenvalue weighted by molar-refractivity contribution is -0.123. The minimum atomic E-state index is -0.495. The average molecular weight is 421 g/mol. The molecular formula is C23H24FN5O2. The van der Waals surface area contributed by atoms with Gasteiger partial charge in [0.15, 0.2) is 0 Å². The lowest BCUT2D eigenvalue weighted by Crippen LogP contribution is -2.37. The summed E-state index contributed by atoms with van der Waals surface area (Å²) in [5, 5.41) is 4.39. The molecule has 8 heteroatoms. The second-order valence-electron chi connectivity index (χ2n) is 7.91. The number of halogens is 1. The molecule has 0 spiro atoms. The SMILES string of the molecule is Cc1cncc(-c2ncc(CC(=O)CCC(=O)N3CCCn4nc(C)cc43)cc2F)c1. The molecule has 4 heterocycles. The first-order valence-electron chi connectivity index (χ1n) is 10.3. The van der Waals surface area contributed by atoms with Crippen LogP contribution in [0.5, 0.6) is 0 Å². The normalized spacial score (nSPS) is 13.2. The van der Waals surface area contributed by atoms with Crippen molar-refractivity contribution in [3.8, 4) is 11.3 Å². The number of hydrogen-bond donors (Lipinski definition) is 0. The minimum Gasteiger partial charge on any atom is -0.299 e. The van der Waals surface area contributed by atoms with Crippen LogP contribution < -0.4 is 4.90 Å². The number of aryl methyl sites for hydroxylation is 3. The van der Waals surface area contributed by atoms with E-state index in [0.717, 1.165) is 30.0 Å². The standard InChI is InChI=1S/C23H24FN5O2/c1-15-8-18(14-25-12-15)23-20(24)11-17(13-26-23)10-19(30)4-5-22(31)28-6-3-7-29-21(28)9-16(2)27-29/h8-9,11-14H,3-7,10H2,1-2H3. The molecule has 0 saturated heterocycles. The van der Waals surface area contributed by atoms with E-state index in [2.05, 4.69) is 15.1 Å². The van der Waals surface area contributed by atoms with Crippen molar-refractivity contribution >= 4 is 17.5 Å². The second kappa shape index (κ2) is 8.75. The van der Waals surface area contributed by atoms with Crippen LogP contribution in [-0.2, 0) is 22.6 Å². The highest BCUT2D eigenvalue weighted by Gasteiger charge is 2.24. The number of ketones is 1. The van der Waals surface area contributed by atoms with Gasteiger partial charge in [-0.05, 0) is 43.5 Å². The Labute approximate surface area is 179 Å². The molecular weight excluding hydrogens is 397 g/mol. The van der Waals surface area contributed by atoms with Crippen LogP contribution in [0.4, 0.5) is 10.2 Å². The van der Waals surface area contributed by atoms with Crippen molar-refractivity contribution in [1.29, 1.82) is 0 Å². The fraction of sp³-hybridized carbons (Fsp3) is 0.348. The van der Waals surface area contributed by atoms with E-state index in [1.165, 1.54) is 12.3 Å². The number of carbonyl (C=O) groups is 2. The summed E-state index contributed by atoms with van der Waals surface area (Å²) in [6.45, 7) is 5.19. The van der Waals surface area contributed by atoms with Gasteiger partial charge >= 0.3 is 0 Å². The fourth-order valence-electron chi connectivity index (χ4n) is 3.83. The maximum Gasteiger partial charge on any atom is 0.228 e. The third-order valence-corrected chi connectivity index (χ3v) is 5.28. The smallest absolute Gasteiger partial charge is 0.228 e. The lowest BCUT2D eigenvalue weighted by Gasteiger charge is -2.27. The van der Waals surface area contributed by atoms with Gasteiger partial charge in [0, 0.05) is 62.6 Å². The first-order chi connectivity index (χ1) is 14.9. The number of carbonyl (C=O) groups excluding carboxylic acids is 2. The van der Waals surface area contributed by atoms with Crippen molar-refractivity contribution in [2.45, 2.75) is 46.1 Å². The van der Waals surface area contributed by atoms with Gasteiger partial charge in [-0.2, -0.15) is 5.10 Å². The van der Waals surface area contributed by atoms with E-state index in [1.807, 2.05) is 30.7 Å². The molecule has 3 aromatic rings. The lowest BCUT2D eigenvalue weighted by atomic mass is 10.0. The molecule has 4 rings (SSSR count). The van der Waals surface area contributed by atoms with Gasteiger partial charge in [0.1, 0.15) is 23.1 Å². The predicted octanol–water partition coefficient (Wildman–Crippen LogP) is 3.42. The van der Waals surface area contributed by atoms with Gasteiger partial charge in [0.05, 0.1) is 5.69 Å². The topological polar surface area (TPSA) is 81.0 Å². The third-order valence-electron chi connectivity index (χ3n) is 5.28. The number of rotatable bonds is 6. The minimum absolute atomic E-state index is 0.0423. The zero-order valence-corrected chi connectivity index (χ0v) is 17.6. The summed E-state index contributed by atoms with van der Waals surface area (Å²) in [6.07, 6.45) is 5.85. The predicted molar refractivity (Wildman–Crippen MR) is 114 cm³/mol. The maximum absolute atomic E-state index is 14.5. The van der Waals surface area contributed by atoms with Gasteiger partial charge < -0.3 is 0 Å². The Morgan fingerprint density at radius 1 is 1.06 bits per heavy atom. The van der Waals surface area contributed by atoms with Crippen molar-refractivity contribution in [3.63, 3.8) is 0 Å². The number of fused-ring (bicyclic) bond motifs is 1. The molecule has 0 saturated carbocycles. The molecule has 1 aliphatic heterocycles. The Morgan fingerprint density at radius 3 is 2.68 bits per heavy atom. The van der Waals surface area contributed by atoms with Crippen molar-refractivity contribution in [3.05, 3.63) is 59.4 Å². The van der Waals surface area contributed by atoms with Crippen molar-refractivity contribution in [2.24, 2.45) is 0 Å². The van der Waals surface area contributed by atoms with Gasteiger partial charge in [0.25, 0.3) is 0 Å². The Balaban J connectivity index is 1.36. The molecule has 3 aromatic heterocycles. The van der Waals surface area contributed by atoms with Crippen molar-refractivity contribution < 1.29 is 14.0 Å². The molecule has 0 aliphatic carbocycles. The zero-order valence-electron chi connectivity index (χ0n) is 17.6. The Morgan fingerprint density at radius 2 is 1.90 bits per heavy atom.